The Kier molecular flexibility index (Phi) is 6.79. The molecular weight excluding hydrogens is 365 g/mol. The SMILES string of the molecule is COc1ccc([C@@H](C)NC(=O)COc2ccc(Cl)cc2Cl)cc1OC. The van der Waals surface area contributed by atoms with Crippen LogP contribution < -0.4 is 19.5 Å². The van der Waals surface area contributed by atoms with Crippen LogP contribution in [0.4, 0.5) is 0 Å². The number of carbonyl (C=O) groups excluding carboxylic acids is 1. The minimum atomic E-state index is -0.270. The summed E-state index contributed by atoms with van der Waals surface area (Å²) in [5, 5.41) is 3.72. The van der Waals surface area contributed by atoms with Crippen molar-refractivity contribution in [3.8, 4) is 17.2 Å². The van der Waals surface area contributed by atoms with Crippen molar-refractivity contribution in [2.75, 3.05) is 20.8 Å². The first-order valence-corrected chi connectivity index (χ1v) is 8.29. The maximum atomic E-state index is 12.1. The Labute approximate surface area is 156 Å². The summed E-state index contributed by atoms with van der Waals surface area (Å²) in [5.74, 6) is 1.36. The van der Waals surface area contributed by atoms with Gasteiger partial charge in [0.25, 0.3) is 5.91 Å². The van der Waals surface area contributed by atoms with Gasteiger partial charge >= 0.3 is 0 Å². The van der Waals surface area contributed by atoms with Gasteiger partial charge in [0.2, 0.25) is 0 Å². The van der Waals surface area contributed by atoms with E-state index in [4.69, 9.17) is 37.4 Å². The van der Waals surface area contributed by atoms with E-state index in [0.717, 1.165) is 5.56 Å². The molecule has 0 saturated carbocycles. The number of benzene rings is 2. The Balaban J connectivity index is 1.95. The predicted octanol–water partition coefficient (Wildman–Crippen LogP) is 4.27. The Hall–Kier alpha value is -2.11. The van der Waals surface area contributed by atoms with Crippen molar-refractivity contribution < 1.29 is 19.0 Å². The highest BCUT2D eigenvalue weighted by Crippen LogP contribution is 2.30. The van der Waals surface area contributed by atoms with Crippen molar-refractivity contribution in [1.29, 1.82) is 0 Å². The van der Waals surface area contributed by atoms with Gasteiger partial charge in [-0.1, -0.05) is 29.3 Å². The number of rotatable bonds is 7. The van der Waals surface area contributed by atoms with Crippen LogP contribution in [0.3, 0.4) is 0 Å². The van der Waals surface area contributed by atoms with Crippen LogP contribution >= 0.6 is 23.2 Å². The van der Waals surface area contributed by atoms with E-state index in [2.05, 4.69) is 5.32 Å². The van der Waals surface area contributed by atoms with E-state index in [0.29, 0.717) is 27.3 Å². The molecule has 2 rings (SSSR count). The van der Waals surface area contributed by atoms with Crippen LogP contribution in [0.25, 0.3) is 0 Å². The smallest absolute Gasteiger partial charge is 0.258 e. The monoisotopic (exact) mass is 383 g/mol. The third kappa shape index (κ3) is 5.18. The average Bonchev–Trinajstić information content (AvgIpc) is 2.60. The maximum absolute atomic E-state index is 12.1. The van der Waals surface area contributed by atoms with Gasteiger partial charge in [0.15, 0.2) is 18.1 Å². The van der Waals surface area contributed by atoms with Crippen molar-refractivity contribution in [2.45, 2.75) is 13.0 Å². The Morgan fingerprint density at radius 2 is 1.72 bits per heavy atom. The molecule has 5 nitrogen and oxygen atoms in total. The first kappa shape index (κ1) is 19.2. The molecule has 25 heavy (non-hydrogen) atoms. The average molecular weight is 384 g/mol. The molecule has 7 heteroatoms. The van der Waals surface area contributed by atoms with E-state index in [1.165, 1.54) is 0 Å². The second-order valence-corrected chi connectivity index (χ2v) is 6.11. The molecule has 2 aromatic carbocycles. The summed E-state index contributed by atoms with van der Waals surface area (Å²) in [4.78, 5) is 12.1. The van der Waals surface area contributed by atoms with E-state index in [-0.39, 0.29) is 18.6 Å². The minimum Gasteiger partial charge on any atom is -0.493 e. The molecule has 1 atom stereocenters. The van der Waals surface area contributed by atoms with E-state index in [9.17, 15) is 4.79 Å². The molecule has 0 unspecified atom stereocenters. The molecule has 0 aliphatic carbocycles. The van der Waals surface area contributed by atoms with Crippen molar-refractivity contribution in [3.63, 3.8) is 0 Å². The van der Waals surface area contributed by atoms with Gasteiger partial charge < -0.3 is 19.5 Å². The number of nitrogens with one attached hydrogen (secondary N) is 1. The van der Waals surface area contributed by atoms with E-state index >= 15 is 0 Å². The van der Waals surface area contributed by atoms with Gasteiger partial charge in [-0.25, -0.2) is 0 Å². The lowest BCUT2D eigenvalue weighted by atomic mass is 10.1. The van der Waals surface area contributed by atoms with Crippen molar-refractivity contribution in [1.82, 2.24) is 5.32 Å². The highest BCUT2D eigenvalue weighted by atomic mass is 35.5. The molecule has 0 heterocycles. The number of hydrogen-bond acceptors (Lipinski definition) is 4. The molecule has 0 fully saturated rings. The van der Waals surface area contributed by atoms with Gasteiger partial charge in [0.05, 0.1) is 25.3 Å². The van der Waals surface area contributed by atoms with Crippen LogP contribution in [-0.4, -0.2) is 26.7 Å². The first-order valence-electron chi connectivity index (χ1n) is 7.53. The fourth-order valence-corrected chi connectivity index (χ4v) is 2.69. The normalized spacial score (nSPS) is 11.6. The lowest BCUT2D eigenvalue weighted by molar-refractivity contribution is -0.123. The van der Waals surface area contributed by atoms with Gasteiger partial charge in [-0.3, -0.25) is 4.79 Å². The van der Waals surface area contributed by atoms with E-state index in [1.807, 2.05) is 19.1 Å². The molecule has 0 bridgehead atoms. The van der Waals surface area contributed by atoms with E-state index in [1.54, 1.807) is 38.5 Å². The van der Waals surface area contributed by atoms with Crippen LogP contribution in [0.2, 0.25) is 10.0 Å². The Bertz CT molecular complexity index is 752. The van der Waals surface area contributed by atoms with Crippen molar-refractivity contribution in [3.05, 3.63) is 52.0 Å². The second kappa shape index (κ2) is 8.83. The highest BCUT2D eigenvalue weighted by molar-refractivity contribution is 6.35. The third-order valence-electron chi connectivity index (χ3n) is 3.54. The number of ether oxygens (including phenoxy) is 3. The summed E-state index contributed by atoms with van der Waals surface area (Å²) in [5.41, 5.74) is 0.885. The Morgan fingerprint density at radius 1 is 1.04 bits per heavy atom. The number of amides is 1. The minimum absolute atomic E-state index is 0.154. The maximum Gasteiger partial charge on any atom is 0.258 e. The third-order valence-corrected chi connectivity index (χ3v) is 4.07. The van der Waals surface area contributed by atoms with Crippen molar-refractivity contribution >= 4 is 29.1 Å². The summed E-state index contributed by atoms with van der Waals surface area (Å²) in [6.07, 6.45) is 0. The van der Waals surface area contributed by atoms with Crippen LogP contribution in [0, 0.1) is 0 Å². The lowest BCUT2D eigenvalue weighted by Crippen LogP contribution is -2.31. The number of methoxy groups -OCH3 is 2. The van der Waals surface area contributed by atoms with Gasteiger partial charge in [-0.05, 0) is 42.8 Å². The zero-order valence-electron chi connectivity index (χ0n) is 14.1. The second-order valence-electron chi connectivity index (χ2n) is 5.27. The summed E-state index contributed by atoms with van der Waals surface area (Å²) in [7, 11) is 3.14. The highest BCUT2D eigenvalue weighted by Gasteiger charge is 2.13. The van der Waals surface area contributed by atoms with Gasteiger partial charge in [0.1, 0.15) is 5.75 Å². The molecule has 0 spiro atoms. The van der Waals surface area contributed by atoms with Crippen LogP contribution in [0.1, 0.15) is 18.5 Å². The summed E-state index contributed by atoms with van der Waals surface area (Å²) >= 11 is 11.8. The van der Waals surface area contributed by atoms with Crippen molar-refractivity contribution in [2.24, 2.45) is 0 Å². The molecular formula is C18H19Cl2NO4. The zero-order valence-corrected chi connectivity index (χ0v) is 15.6. The fourth-order valence-electron chi connectivity index (χ4n) is 2.22. The summed E-state index contributed by atoms with van der Waals surface area (Å²) < 4.78 is 15.9. The molecule has 2 aromatic rings. The van der Waals surface area contributed by atoms with Crippen LogP contribution in [0.15, 0.2) is 36.4 Å². The number of hydrogen-bond donors (Lipinski definition) is 1. The number of halogens is 2. The Morgan fingerprint density at radius 3 is 2.36 bits per heavy atom. The first-order chi connectivity index (χ1) is 11.9. The molecule has 0 saturated heterocycles. The fraction of sp³-hybridized carbons (Fsp3) is 0.278. The summed E-state index contributed by atoms with van der Waals surface area (Å²) in [6.45, 7) is 1.72. The van der Waals surface area contributed by atoms with Crippen LogP contribution in [0.5, 0.6) is 17.2 Å². The molecule has 0 aromatic heterocycles. The zero-order chi connectivity index (χ0) is 18.4. The molecule has 1 amide bonds. The van der Waals surface area contributed by atoms with Gasteiger partial charge in [-0.15, -0.1) is 0 Å². The largest absolute Gasteiger partial charge is 0.493 e. The predicted molar refractivity (Wildman–Crippen MR) is 98.1 cm³/mol. The van der Waals surface area contributed by atoms with Gasteiger partial charge in [0, 0.05) is 5.02 Å². The standard InChI is InChI=1S/C18H19Cl2NO4/c1-11(12-4-6-16(23-2)17(8-12)24-3)21-18(22)10-25-15-7-5-13(19)9-14(15)20/h4-9,11H,10H2,1-3H3,(H,21,22)/t11-/m1/s1. The molecule has 0 radical (unpaired) electrons. The van der Waals surface area contributed by atoms with Crippen LogP contribution in [-0.2, 0) is 4.79 Å². The molecule has 0 aliphatic rings. The molecule has 0 aliphatic heterocycles. The summed E-state index contributed by atoms with van der Waals surface area (Å²) in [6, 6.07) is 10.1. The van der Waals surface area contributed by atoms with Gasteiger partial charge in [-0.2, -0.15) is 0 Å². The topological polar surface area (TPSA) is 56.8 Å². The molecule has 1 N–H and O–H groups in total. The number of carbonyl (C=O) groups is 1. The molecule has 134 valence electrons. The van der Waals surface area contributed by atoms with E-state index < -0.39 is 0 Å². The quantitative estimate of drug-likeness (QED) is 0.775. The lowest BCUT2D eigenvalue weighted by Gasteiger charge is -2.17.